The maximum absolute atomic E-state index is 11.6. The van der Waals surface area contributed by atoms with Gasteiger partial charge in [-0.3, -0.25) is 14.7 Å². The van der Waals surface area contributed by atoms with E-state index in [0.29, 0.717) is 18.5 Å². The predicted octanol–water partition coefficient (Wildman–Crippen LogP) is -0.370. The summed E-state index contributed by atoms with van der Waals surface area (Å²) in [7, 11) is 5.81. The predicted molar refractivity (Wildman–Crippen MR) is 71.9 cm³/mol. The highest BCUT2D eigenvalue weighted by Gasteiger charge is 2.19. The van der Waals surface area contributed by atoms with E-state index in [1.165, 1.54) is 0 Å². The number of nitrogens with zero attached hydrogens (tertiary/aromatic N) is 3. The van der Waals surface area contributed by atoms with Crippen LogP contribution in [0.5, 0.6) is 0 Å². The van der Waals surface area contributed by atoms with E-state index in [4.69, 9.17) is 0 Å². The number of nitrogens with one attached hydrogen (secondary N) is 2. The summed E-state index contributed by atoms with van der Waals surface area (Å²) >= 11 is 0. The summed E-state index contributed by atoms with van der Waals surface area (Å²) in [6.45, 7) is 2.79. The molecule has 1 atom stereocenters. The Labute approximate surface area is 107 Å². The summed E-state index contributed by atoms with van der Waals surface area (Å²) in [5.74, 6) is 0.607. The summed E-state index contributed by atoms with van der Waals surface area (Å²) in [6, 6.07) is 2.11. The smallest absolute Gasteiger partial charge is 0.252 e. The molecular weight excluding hydrogens is 230 g/mol. The Bertz CT molecular complexity index is 450. The molecule has 2 rings (SSSR count). The van der Waals surface area contributed by atoms with E-state index >= 15 is 0 Å². The van der Waals surface area contributed by atoms with E-state index in [2.05, 4.69) is 27.2 Å². The molecule has 1 aliphatic heterocycles. The van der Waals surface area contributed by atoms with Crippen molar-refractivity contribution >= 4 is 5.95 Å². The molecule has 6 heteroatoms. The maximum atomic E-state index is 11.6. The van der Waals surface area contributed by atoms with Gasteiger partial charge in [-0.25, -0.2) is 4.98 Å². The Morgan fingerprint density at radius 3 is 2.83 bits per heavy atom. The van der Waals surface area contributed by atoms with Crippen molar-refractivity contribution in [2.24, 2.45) is 0 Å². The van der Waals surface area contributed by atoms with E-state index < -0.39 is 0 Å². The van der Waals surface area contributed by atoms with Gasteiger partial charge < -0.3 is 10.2 Å². The first-order valence-electron chi connectivity index (χ1n) is 6.25. The number of likely N-dealkylation sites (N-methyl/N-ethyl adjacent to an activating group) is 1. The molecule has 0 aliphatic carbocycles. The van der Waals surface area contributed by atoms with Crippen molar-refractivity contribution in [1.82, 2.24) is 20.2 Å². The van der Waals surface area contributed by atoms with Crippen LogP contribution in [0.4, 0.5) is 5.95 Å². The summed E-state index contributed by atoms with van der Waals surface area (Å²) < 4.78 is 0. The van der Waals surface area contributed by atoms with Crippen molar-refractivity contribution in [3.8, 4) is 0 Å². The van der Waals surface area contributed by atoms with Crippen molar-refractivity contribution < 1.29 is 0 Å². The lowest BCUT2D eigenvalue weighted by Crippen LogP contribution is -2.33. The summed E-state index contributed by atoms with van der Waals surface area (Å²) in [4.78, 5) is 22.8. The first-order valence-corrected chi connectivity index (χ1v) is 6.25. The topological polar surface area (TPSA) is 64.3 Å². The second-order valence-corrected chi connectivity index (χ2v) is 5.02. The van der Waals surface area contributed by atoms with Crippen LogP contribution in [0.15, 0.2) is 10.9 Å². The minimum atomic E-state index is -0.0957. The van der Waals surface area contributed by atoms with Crippen LogP contribution in [0.1, 0.15) is 12.1 Å². The van der Waals surface area contributed by atoms with Crippen LogP contribution in [0.2, 0.25) is 0 Å². The average Bonchev–Trinajstić information content (AvgIpc) is 2.81. The quantitative estimate of drug-likeness (QED) is 0.764. The number of anilines is 1. The van der Waals surface area contributed by atoms with Gasteiger partial charge >= 0.3 is 0 Å². The number of hydrogen-bond donors (Lipinski definition) is 2. The molecule has 0 bridgehead atoms. The average molecular weight is 251 g/mol. The van der Waals surface area contributed by atoms with Crippen LogP contribution in [0.25, 0.3) is 0 Å². The van der Waals surface area contributed by atoms with Gasteiger partial charge in [0, 0.05) is 39.3 Å². The highest BCUT2D eigenvalue weighted by atomic mass is 16.1. The molecule has 100 valence electrons. The van der Waals surface area contributed by atoms with E-state index in [1.807, 2.05) is 19.0 Å². The Morgan fingerprint density at radius 2 is 2.22 bits per heavy atom. The van der Waals surface area contributed by atoms with Crippen molar-refractivity contribution in [1.29, 1.82) is 0 Å². The fraction of sp³-hybridized carbons (Fsp3) is 0.667. The van der Waals surface area contributed by atoms with Crippen molar-refractivity contribution in [3.63, 3.8) is 0 Å². The Balaban J connectivity index is 2.10. The minimum absolute atomic E-state index is 0.0957. The Morgan fingerprint density at radius 1 is 1.44 bits per heavy atom. The maximum Gasteiger partial charge on any atom is 0.252 e. The molecule has 1 fully saturated rings. The third kappa shape index (κ3) is 3.08. The van der Waals surface area contributed by atoms with Gasteiger partial charge in [0.1, 0.15) is 0 Å². The van der Waals surface area contributed by atoms with Gasteiger partial charge in [0.05, 0.1) is 5.69 Å². The second kappa shape index (κ2) is 5.49. The van der Waals surface area contributed by atoms with Crippen LogP contribution in [0.3, 0.4) is 0 Å². The first kappa shape index (κ1) is 13.0. The van der Waals surface area contributed by atoms with Crippen LogP contribution in [0, 0.1) is 0 Å². The molecule has 1 aromatic rings. The number of aromatic amines is 1. The molecule has 1 aromatic heterocycles. The molecule has 0 radical (unpaired) electrons. The fourth-order valence-electron chi connectivity index (χ4n) is 2.19. The first-order chi connectivity index (χ1) is 8.56. The number of hydrogen-bond acceptors (Lipinski definition) is 5. The lowest BCUT2D eigenvalue weighted by atomic mass is 10.2. The lowest BCUT2D eigenvalue weighted by Gasteiger charge is -2.23. The molecule has 1 unspecified atom stereocenters. The lowest BCUT2D eigenvalue weighted by molar-refractivity contribution is 0.246. The number of aromatic nitrogens is 2. The van der Waals surface area contributed by atoms with E-state index in [-0.39, 0.29) is 5.56 Å². The zero-order valence-corrected chi connectivity index (χ0v) is 11.2. The van der Waals surface area contributed by atoms with Crippen molar-refractivity contribution in [2.75, 3.05) is 39.1 Å². The summed E-state index contributed by atoms with van der Waals surface area (Å²) in [6.07, 6.45) is 1.15. The molecular formula is C12H21N5O. The van der Waals surface area contributed by atoms with Gasteiger partial charge in [0.2, 0.25) is 5.95 Å². The molecule has 6 nitrogen and oxygen atoms in total. The van der Waals surface area contributed by atoms with E-state index in [9.17, 15) is 4.79 Å². The molecule has 0 amide bonds. The summed E-state index contributed by atoms with van der Waals surface area (Å²) in [5, 5.41) is 3.34. The highest BCUT2D eigenvalue weighted by molar-refractivity contribution is 5.27. The second-order valence-electron chi connectivity index (χ2n) is 5.02. The van der Waals surface area contributed by atoms with Gasteiger partial charge in [-0.1, -0.05) is 0 Å². The molecule has 1 saturated heterocycles. The van der Waals surface area contributed by atoms with Gasteiger partial charge in [-0.2, -0.15) is 0 Å². The SMILES string of the molecule is CN(C)c1nc(CN(C)C2CCNC2)cc(=O)[nH]1. The van der Waals surface area contributed by atoms with Crippen LogP contribution < -0.4 is 15.8 Å². The number of rotatable bonds is 4. The number of H-pyrrole nitrogens is 1. The largest absolute Gasteiger partial charge is 0.348 e. The molecule has 2 N–H and O–H groups in total. The molecule has 2 heterocycles. The fourth-order valence-corrected chi connectivity index (χ4v) is 2.19. The summed E-state index contributed by atoms with van der Waals surface area (Å²) in [5.41, 5.74) is 0.721. The van der Waals surface area contributed by atoms with Crippen LogP contribution >= 0.6 is 0 Å². The van der Waals surface area contributed by atoms with Crippen LogP contribution in [-0.2, 0) is 6.54 Å². The van der Waals surface area contributed by atoms with Gasteiger partial charge in [-0.05, 0) is 20.0 Å². The van der Waals surface area contributed by atoms with Crippen LogP contribution in [-0.4, -0.2) is 55.1 Å². The van der Waals surface area contributed by atoms with Gasteiger partial charge in [-0.15, -0.1) is 0 Å². The molecule has 18 heavy (non-hydrogen) atoms. The Kier molecular flexibility index (Phi) is 3.98. The van der Waals surface area contributed by atoms with Gasteiger partial charge in [0.15, 0.2) is 0 Å². The zero-order chi connectivity index (χ0) is 13.1. The van der Waals surface area contributed by atoms with E-state index in [0.717, 1.165) is 25.2 Å². The van der Waals surface area contributed by atoms with Gasteiger partial charge in [0.25, 0.3) is 5.56 Å². The molecule has 1 aliphatic rings. The standard InChI is InChI=1S/C12H21N5O/c1-16(2)12-14-9(6-11(18)15-12)8-17(3)10-4-5-13-7-10/h6,10,13H,4-5,7-8H2,1-3H3,(H,14,15,18). The third-order valence-corrected chi connectivity index (χ3v) is 3.27. The molecule has 0 saturated carbocycles. The van der Waals surface area contributed by atoms with Crippen molar-refractivity contribution in [2.45, 2.75) is 19.0 Å². The minimum Gasteiger partial charge on any atom is -0.348 e. The Hall–Kier alpha value is -1.40. The molecule has 0 spiro atoms. The highest BCUT2D eigenvalue weighted by Crippen LogP contribution is 2.10. The zero-order valence-electron chi connectivity index (χ0n) is 11.2. The molecule has 0 aromatic carbocycles. The van der Waals surface area contributed by atoms with Crippen molar-refractivity contribution in [3.05, 3.63) is 22.1 Å². The third-order valence-electron chi connectivity index (χ3n) is 3.27. The monoisotopic (exact) mass is 251 g/mol. The normalized spacial score (nSPS) is 19.4. The van der Waals surface area contributed by atoms with E-state index in [1.54, 1.807) is 6.07 Å².